The van der Waals surface area contributed by atoms with E-state index in [0.29, 0.717) is 5.92 Å². The molecular formula is C18H35N3O2. The quantitative estimate of drug-likeness (QED) is 0.690. The second kappa shape index (κ2) is 10.3. The third-order valence-electron chi connectivity index (χ3n) is 5.28. The second-order valence-corrected chi connectivity index (χ2v) is 7.31. The first-order valence-corrected chi connectivity index (χ1v) is 9.44. The summed E-state index contributed by atoms with van der Waals surface area (Å²) in [5.41, 5.74) is 0. The molecule has 1 aliphatic heterocycles. The van der Waals surface area contributed by atoms with E-state index in [1.165, 1.54) is 45.4 Å². The Balaban J connectivity index is 1.45. The molecule has 0 aromatic rings. The summed E-state index contributed by atoms with van der Waals surface area (Å²) in [6.07, 6.45) is 7.39. The van der Waals surface area contributed by atoms with Crippen molar-refractivity contribution in [2.24, 2.45) is 5.92 Å². The van der Waals surface area contributed by atoms with Crippen LogP contribution in [-0.4, -0.2) is 74.7 Å². The van der Waals surface area contributed by atoms with E-state index in [2.05, 4.69) is 29.1 Å². The summed E-state index contributed by atoms with van der Waals surface area (Å²) in [4.78, 5) is 16.7. The van der Waals surface area contributed by atoms with Crippen LogP contribution in [0.15, 0.2) is 0 Å². The lowest BCUT2D eigenvalue weighted by Crippen LogP contribution is -2.44. The van der Waals surface area contributed by atoms with Crippen molar-refractivity contribution in [1.29, 1.82) is 0 Å². The smallest absolute Gasteiger partial charge is 0.246 e. The van der Waals surface area contributed by atoms with Crippen LogP contribution in [0.4, 0.5) is 0 Å². The van der Waals surface area contributed by atoms with E-state index in [1.807, 2.05) is 0 Å². The monoisotopic (exact) mass is 325 g/mol. The molecule has 134 valence electrons. The number of hydrogen-bond donors (Lipinski definition) is 1. The summed E-state index contributed by atoms with van der Waals surface area (Å²) >= 11 is 0. The highest BCUT2D eigenvalue weighted by Gasteiger charge is 2.22. The fourth-order valence-electron chi connectivity index (χ4n) is 3.52. The number of nitrogens with zero attached hydrogens (tertiary/aromatic N) is 2. The minimum absolute atomic E-state index is 0.0439. The summed E-state index contributed by atoms with van der Waals surface area (Å²) in [6, 6.07) is 0. The topological polar surface area (TPSA) is 44.8 Å². The molecule has 0 radical (unpaired) electrons. The lowest BCUT2D eigenvalue weighted by atomic mass is 9.88. The van der Waals surface area contributed by atoms with Crippen LogP contribution in [0.2, 0.25) is 0 Å². The number of carbonyl (C=O) groups excluding carboxylic acids is 1. The van der Waals surface area contributed by atoms with Crippen molar-refractivity contribution in [3.8, 4) is 0 Å². The molecular weight excluding hydrogens is 290 g/mol. The Kier molecular flexibility index (Phi) is 8.34. The van der Waals surface area contributed by atoms with E-state index in [-0.39, 0.29) is 18.6 Å². The molecule has 2 atom stereocenters. The maximum absolute atomic E-state index is 11.8. The molecule has 5 nitrogen and oxygen atoms in total. The highest BCUT2D eigenvalue weighted by Crippen LogP contribution is 2.25. The van der Waals surface area contributed by atoms with Gasteiger partial charge in [0.25, 0.3) is 0 Å². The Morgan fingerprint density at radius 2 is 1.87 bits per heavy atom. The Hall–Kier alpha value is -0.650. The number of piperazine rings is 1. The zero-order valence-corrected chi connectivity index (χ0v) is 15.1. The van der Waals surface area contributed by atoms with Gasteiger partial charge < -0.3 is 19.9 Å². The van der Waals surface area contributed by atoms with E-state index in [4.69, 9.17) is 4.74 Å². The predicted octanol–water partition coefficient (Wildman–Crippen LogP) is 1.73. The molecule has 0 bridgehead atoms. The number of rotatable bonds is 8. The SMILES string of the molecule is CC1CCCCC1OCC(=O)NCCCCN1CCN(C)CC1. The van der Waals surface area contributed by atoms with Crippen molar-refractivity contribution in [2.45, 2.75) is 51.6 Å². The Morgan fingerprint density at radius 3 is 2.61 bits per heavy atom. The first-order valence-electron chi connectivity index (χ1n) is 9.44. The van der Waals surface area contributed by atoms with Crippen LogP contribution in [0.5, 0.6) is 0 Å². The van der Waals surface area contributed by atoms with Gasteiger partial charge in [0.05, 0.1) is 6.10 Å². The predicted molar refractivity (Wildman–Crippen MR) is 93.6 cm³/mol. The van der Waals surface area contributed by atoms with Crippen LogP contribution >= 0.6 is 0 Å². The molecule has 1 N–H and O–H groups in total. The molecule has 2 unspecified atom stereocenters. The lowest BCUT2D eigenvalue weighted by molar-refractivity contribution is -0.129. The minimum Gasteiger partial charge on any atom is -0.368 e. The van der Waals surface area contributed by atoms with Gasteiger partial charge in [0.15, 0.2) is 0 Å². The zero-order valence-electron chi connectivity index (χ0n) is 15.1. The van der Waals surface area contributed by atoms with Crippen LogP contribution in [0.3, 0.4) is 0 Å². The molecule has 0 aromatic heterocycles. The van der Waals surface area contributed by atoms with E-state index in [0.717, 1.165) is 32.4 Å². The van der Waals surface area contributed by atoms with Gasteiger partial charge in [-0.15, -0.1) is 0 Å². The third-order valence-corrected chi connectivity index (χ3v) is 5.28. The Labute approximate surface area is 141 Å². The fourth-order valence-corrected chi connectivity index (χ4v) is 3.52. The van der Waals surface area contributed by atoms with Crippen LogP contribution in [0.1, 0.15) is 45.4 Å². The molecule has 1 saturated carbocycles. The van der Waals surface area contributed by atoms with Crippen molar-refractivity contribution in [3.05, 3.63) is 0 Å². The van der Waals surface area contributed by atoms with Crippen molar-refractivity contribution in [3.63, 3.8) is 0 Å². The zero-order chi connectivity index (χ0) is 16.5. The normalized spacial score (nSPS) is 27.0. The molecule has 1 aliphatic carbocycles. The van der Waals surface area contributed by atoms with Gasteiger partial charge in [-0.1, -0.05) is 19.8 Å². The molecule has 2 fully saturated rings. The van der Waals surface area contributed by atoms with Crippen molar-refractivity contribution < 1.29 is 9.53 Å². The van der Waals surface area contributed by atoms with Gasteiger partial charge in [-0.05, 0) is 45.2 Å². The maximum atomic E-state index is 11.8. The van der Waals surface area contributed by atoms with E-state index < -0.39 is 0 Å². The summed E-state index contributed by atoms with van der Waals surface area (Å²) in [5, 5.41) is 2.99. The fraction of sp³-hybridized carbons (Fsp3) is 0.944. The Morgan fingerprint density at radius 1 is 1.13 bits per heavy atom. The number of unbranched alkanes of at least 4 members (excludes halogenated alkanes) is 1. The van der Waals surface area contributed by atoms with Gasteiger partial charge in [0, 0.05) is 32.7 Å². The largest absolute Gasteiger partial charge is 0.368 e. The standard InChI is InChI=1S/C18H35N3O2/c1-16-7-3-4-8-17(16)23-15-18(22)19-9-5-6-10-21-13-11-20(2)12-14-21/h16-17H,3-15H2,1-2H3,(H,19,22). The van der Waals surface area contributed by atoms with Gasteiger partial charge >= 0.3 is 0 Å². The summed E-state index contributed by atoms with van der Waals surface area (Å²) in [7, 11) is 2.18. The molecule has 2 aliphatic rings. The third kappa shape index (κ3) is 7.19. The van der Waals surface area contributed by atoms with Gasteiger partial charge in [0.2, 0.25) is 5.91 Å². The average Bonchev–Trinajstić information content (AvgIpc) is 2.55. The Bertz CT molecular complexity index is 343. The van der Waals surface area contributed by atoms with Crippen LogP contribution in [-0.2, 0) is 9.53 Å². The van der Waals surface area contributed by atoms with Crippen LogP contribution in [0, 0.1) is 5.92 Å². The van der Waals surface area contributed by atoms with Gasteiger partial charge in [-0.3, -0.25) is 4.79 Å². The van der Waals surface area contributed by atoms with Crippen molar-refractivity contribution >= 4 is 5.91 Å². The molecule has 0 spiro atoms. The first kappa shape index (κ1) is 18.7. The van der Waals surface area contributed by atoms with Crippen LogP contribution in [0.25, 0.3) is 0 Å². The molecule has 1 saturated heterocycles. The molecule has 0 aromatic carbocycles. The number of likely N-dealkylation sites (N-methyl/N-ethyl adjacent to an activating group) is 1. The van der Waals surface area contributed by atoms with Gasteiger partial charge in [0.1, 0.15) is 6.61 Å². The molecule has 5 heteroatoms. The summed E-state index contributed by atoms with van der Waals surface area (Å²) in [6.45, 7) is 9.09. The number of carbonyl (C=O) groups is 1. The van der Waals surface area contributed by atoms with Crippen LogP contribution < -0.4 is 5.32 Å². The van der Waals surface area contributed by atoms with Crippen molar-refractivity contribution in [1.82, 2.24) is 15.1 Å². The van der Waals surface area contributed by atoms with E-state index in [1.54, 1.807) is 0 Å². The van der Waals surface area contributed by atoms with Gasteiger partial charge in [-0.25, -0.2) is 0 Å². The molecule has 1 amide bonds. The number of amides is 1. The number of nitrogens with one attached hydrogen (secondary N) is 1. The first-order chi connectivity index (χ1) is 11.1. The molecule has 23 heavy (non-hydrogen) atoms. The summed E-state index contributed by atoms with van der Waals surface area (Å²) in [5.74, 6) is 0.641. The highest BCUT2D eigenvalue weighted by molar-refractivity contribution is 5.77. The second-order valence-electron chi connectivity index (χ2n) is 7.31. The average molecular weight is 325 g/mol. The number of ether oxygens (including phenoxy) is 1. The van der Waals surface area contributed by atoms with Gasteiger partial charge in [-0.2, -0.15) is 0 Å². The minimum atomic E-state index is 0.0439. The van der Waals surface area contributed by atoms with Crippen molar-refractivity contribution in [2.75, 3.05) is 52.9 Å². The highest BCUT2D eigenvalue weighted by atomic mass is 16.5. The number of hydrogen-bond acceptors (Lipinski definition) is 4. The molecule has 2 rings (SSSR count). The summed E-state index contributed by atoms with van der Waals surface area (Å²) < 4.78 is 5.79. The maximum Gasteiger partial charge on any atom is 0.246 e. The van der Waals surface area contributed by atoms with E-state index >= 15 is 0 Å². The van der Waals surface area contributed by atoms with E-state index in [9.17, 15) is 4.79 Å². The molecule has 1 heterocycles. The lowest BCUT2D eigenvalue weighted by Gasteiger charge is -2.32.